The van der Waals surface area contributed by atoms with E-state index in [4.69, 9.17) is 0 Å². The van der Waals surface area contributed by atoms with Crippen molar-refractivity contribution in [1.82, 2.24) is 15.1 Å². The van der Waals surface area contributed by atoms with Crippen molar-refractivity contribution in [2.75, 3.05) is 39.3 Å². The van der Waals surface area contributed by atoms with Gasteiger partial charge < -0.3 is 15.1 Å². The fourth-order valence-corrected chi connectivity index (χ4v) is 4.40. The van der Waals surface area contributed by atoms with E-state index in [1.807, 2.05) is 0 Å². The van der Waals surface area contributed by atoms with Gasteiger partial charge in [-0.05, 0) is 83.7 Å². The smallest absolute Gasteiger partial charge is 0.0120 e. The largest absolute Gasteiger partial charge is 0.314 e. The van der Waals surface area contributed by atoms with Crippen LogP contribution in [0.15, 0.2) is 0 Å². The van der Waals surface area contributed by atoms with Crippen LogP contribution in [-0.2, 0) is 0 Å². The Labute approximate surface area is 118 Å². The molecule has 3 saturated heterocycles. The summed E-state index contributed by atoms with van der Waals surface area (Å²) in [6, 6.07) is 1.74. The van der Waals surface area contributed by atoms with Crippen molar-refractivity contribution in [3.8, 4) is 0 Å². The number of rotatable bonds is 3. The maximum absolute atomic E-state index is 3.71. The average Bonchev–Trinajstić information content (AvgIpc) is 3.02. The maximum atomic E-state index is 3.71. The molecule has 0 saturated carbocycles. The molecule has 3 nitrogen and oxygen atoms in total. The highest BCUT2D eigenvalue weighted by atomic mass is 15.2. The lowest BCUT2D eigenvalue weighted by atomic mass is 9.87. The summed E-state index contributed by atoms with van der Waals surface area (Å²) in [5.41, 5.74) is 0. The third kappa shape index (κ3) is 3.32. The molecule has 0 radical (unpaired) electrons. The third-order valence-corrected chi connectivity index (χ3v) is 5.76. The van der Waals surface area contributed by atoms with Gasteiger partial charge in [-0.3, -0.25) is 0 Å². The lowest BCUT2D eigenvalue weighted by Crippen LogP contribution is -2.49. The van der Waals surface area contributed by atoms with Gasteiger partial charge in [0.25, 0.3) is 0 Å². The first-order chi connectivity index (χ1) is 9.36. The highest BCUT2D eigenvalue weighted by Crippen LogP contribution is 2.28. The topological polar surface area (TPSA) is 18.5 Å². The first kappa shape index (κ1) is 13.8. The molecular formula is C16H31N3. The van der Waals surface area contributed by atoms with Crippen LogP contribution in [0.4, 0.5) is 0 Å². The molecule has 3 aliphatic rings. The molecule has 1 unspecified atom stereocenters. The quantitative estimate of drug-likeness (QED) is 0.841. The summed E-state index contributed by atoms with van der Waals surface area (Å²) >= 11 is 0. The van der Waals surface area contributed by atoms with Crippen molar-refractivity contribution in [2.45, 2.75) is 57.5 Å². The van der Waals surface area contributed by atoms with E-state index in [1.54, 1.807) is 0 Å². The molecule has 0 aromatic rings. The number of nitrogens with one attached hydrogen (secondary N) is 1. The van der Waals surface area contributed by atoms with Crippen molar-refractivity contribution in [2.24, 2.45) is 5.92 Å². The molecule has 0 aliphatic carbocycles. The molecule has 3 rings (SSSR count). The predicted molar refractivity (Wildman–Crippen MR) is 80.5 cm³/mol. The molecule has 0 bridgehead atoms. The number of likely N-dealkylation sites (tertiary alicyclic amines) is 2. The number of hydrogen-bond acceptors (Lipinski definition) is 3. The molecule has 0 spiro atoms. The summed E-state index contributed by atoms with van der Waals surface area (Å²) in [5.74, 6) is 0.967. The van der Waals surface area contributed by atoms with Crippen LogP contribution in [0, 0.1) is 5.92 Å². The molecule has 0 amide bonds. The monoisotopic (exact) mass is 265 g/mol. The Morgan fingerprint density at radius 3 is 2.26 bits per heavy atom. The molecular weight excluding hydrogens is 234 g/mol. The minimum Gasteiger partial charge on any atom is -0.314 e. The second-order valence-electron chi connectivity index (χ2n) is 6.74. The van der Waals surface area contributed by atoms with Crippen LogP contribution in [-0.4, -0.2) is 61.2 Å². The molecule has 110 valence electrons. The van der Waals surface area contributed by atoms with Crippen molar-refractivity contribution in [3.05, 3.63) is 0 Å². The number of piperidine rings is 2. The Hall–Kier alpha value is -0.120. The van der Waals surface area contributed by atoms with E-state index in [2.05, 4.69) is 22.0 Å². The van der Waals surface area contributed by atoms with Gasteiger partial charge >= 0.3 is 0 Å². The predicted octanol–water partition coefficient (Wildman–Crippen LogP) is 1.93. The summed E-state index contributed by atoms with van der Waals surface area (Å²) in [7, 11) is 0. The van der Waals surface area contributed by atoms with Gasteiger partial charge in [0.05, 0.1) is 0 Å². The molecule has 3 heterocycles. The van der Waals surface area contributed by atoms with Gasteiger partial charge in [0.15, 0.2) is 0 Å². The second-order valence-corrected chi connectivity index (χ2v) is 6.74. The van der Waals surface area contributed by atoms with Crippen LogP contribution >= 0.6 is 0 Å². The minimum absolute atomic E-state index is 0.851. The van der Waals surface area contributed by atoms with E-state index in [0.29, 0.717) is 0 Å². The fraction of sp³-hybridized carbons (Fsp3) is 1.00. The van der Waals surface area contributed by atoms with E-state index in [-0.39, 0.29) is 0 Å². The van der Waals surface area contributed by atoms with Gasteiger partial charge in [0, 0.05) is 12.1 Å². The second kappa shape index (κ2) is 6.55. The van der Waals surface area contributed by atoms with E-state index in [9.17, 15) is 0 Å². The molecule has 19 heavy (non-hydrogen) atoms. The summed E-state index contributed by atoms with van der Waals surface area (Å²) in [6.07, 6.45) is 8.51. The van der Waals surface area contributed by atoms with Gasteiger partial charge in [-0.2, -0.15) is 0 Å². The van der Waals surface area contributed by atoms with Crippen LogP contribution in [0.3, 0.4) is 0 Å². The van der Waals surface area contributed by atoms with Crippen molar-refractivity contribution in [3.63, 3.8) is 0 Å². The van der Waals surface area contributed by atoms with E-state index in [1.165, 1.54) is 77.8 Å². The van der Waals surface area contributed by atoms with E-state index < -0.39 is 0 Å². The number of nitrogens with zero attached hydrogens (tertiary/aromatic N) is 2. The van der Waals surface area contributed by atoms with Gasteiger partial charge in [-0.25, -0.2) is 0 Å². The minimum atomic E-state index is 0.851. The molecule has 1 N–H and O–H groups in total. The fourth-order valence-electron chi connectivity index (χ4n) is 4.40. The normalized spacial score (nSPS) is 33.0. The van der Waals surface area contributed by atoms with Crippen LogP contribution in [0.25, 0.3) is 0 Å². The first-order valence-electron chi connectivity index (χ1n) is 8.56. The van der Waals surface area contributed by atoms with Crippen LogP contribution in [0.1, 0.15) is 45.4 Å². The van der Waals surface area contributed by atoms with E-state index in [0.717, 1.165) is 18.0 Å². The highest BCUT2D eigenvalue weighted by molar-refractivity contribution is 4.88. The van der Waals surface area contributed by atoms with Crippen molar-refractivity contribution < 1.29 is 0 Å². The lowest BCUT2D eigenvalue weighted by molar-refractivity contribution is 0.0731. The molecule has 3 aliphatic heterocycles. The highest BCUT2D eigenvalue weighted by Gasteiger charge is 2.31. The van der Waals surface area contributed by atoms with Crippen LogP contribution in [0.5, 0.6) is 0 Å². The van der Waals surface area contributed by atoms with Gasteiger partial charge in [0.2, 0.25) is 0 Å². The Morgan fingerprint density at radius 2 is 1.68 bits per heavy atom. The molecule has 0 aromatic heterocycles. The van der Waals surface area contributed by atoms with Crippen molar-refractivity contribution >= 4 is 0 Å². The van der Waals surface area contributed by atoms with Gasteiger partial charge in [0.1, 0.15) is 0 Å². The zero-order valence-electron chi connectivity index (χ0n) is 12.6. The van der Waals surface area contributed by atoms with Gasteiger partial charge in [-0.1, -0.05) is 6.92 Å². The Morgan fingerprint density at radius 1 is 0.947 bits per heavy atom. The Kier molecular flexibility index (Phi) is 4.78. The molecule has 3 heteroatoms. The average molecular weight is 265 g/mol. The van der Waals surface area contributed by atoms with Gasteiger partial charge in [-0.15, -0.1) is 0 Å². The van der Waals surface area contributed by atoms with E-state index >= 15 is 0 Å². The summed E-state index contributed by atoms with van der Waals surface area (Å²) < 4.78 is 0. The first-order valence-corrected chi connectivity index (χ1v) is 8.56. The number of hydrogen-bond donors (Lipinski definition) is 1. The van der Waals surface area contributed by atoms with Crippen LogP contribution < -0.4 is 5.32 Å². The molecule has 0 aromatic carbocycles. The molecule has 1 atom stereocenters. The zero-order chi connectivity index (χ0) is 13.1. The Balaban J connectivity index is 1.42. The van der Waals surface area contributed by atoms with Crippen LogP contribution in [0.2, 0.25) is 0 Å². The summed E-state index contributed by atoms with van der Waals surface area (Å²) in [6.45, 7) is 10.2. The standard InChI is InChI=1S/C16H31N3/c1-2-18-10-7-15(8-11-18)19-12-5-14(6-13-19)16-4-3-9-17-16/h14-17H,2-13H2,1H3. The zero-order valence-corrected chi connectivity index (χ0v) is 12.6. The molecule has 3 fully saturated rings. The summed E-state index contributed by atoms with van der Waals surface area (Å²) in [5, 5.41) is 3.71. The lowest BCUT2D eigenvalue weighted by Gasteiger charge is -2.42. The summed E-state index contributed by atoms with van der Waals surface area (Å²) in [4.78, 5) is 5.41. The maximum Gasteiger partial charge on any atom is 0.0120 e. The Bertz CT molecular complexity index is 259. The van der Waals surface area contributed by atoms with Crippen molar-refractivity contribution in [1.29, 1.82) is 0 Å². The SMILES string of the molecule is CCN1CCC(N2CCC(C3CCCN3)CC2)CC1. The third-order valence-electron chi connectivity index (χ3n) is 5.76.